The Labute approximate surface area is 122 Å². The van der Waals surface area contributed by atoms with E-state index in [4.69, 9.17) is 20.8 Å². The second kappa shape index (κ2) is 7.31. The predicted octanol–water partition coefficient (Wildman–Crippen LogP) is 4.15. The molecule has 0 bridgehead atoms. The van der Waals surface area contributed by atoms with Crippen LogP contribution in [-0.4, -0.2) is 6.54 Å². The van der Waals surface area contributed by atoms with Gasteiger partial charge in [0.05, 0.1) is 11.3 Å². The Kier molecular flexibility index (Phi) is 5.44. The zero-order chi connectivity index (χ0) is 14.4. The summed E-state index contributed by atoms with van der Waals surface area (Å²) in [4.78, 5) is 0. The molecule has 0 amide bonds. The molecule has 0 saturated carbocycles. The van der Waals surface area contributed by atoms with Gasteiger partial charge in [-0.15, -0.1) is 0 Å². The molecule has 0 aliphatic carbocycles. The quantitative estimate of drug-likeness (QED) is 0.780. The smallest absolute Gasteiger partial charge is 0.146 e. The van der Waals surface area contributed by atoms with Gasteiger partial charge in [-0.05, 0) is 37.2 Å². The van der Waals surface area contributed by atoms with Gasteiger partial charge in [0.2, 0.25) is 0 Å². The van der Waals surface area contributed by atoms with E-state index in [2.05, 4.69) is 12.2 Å². The van der Waals surface area contributed by atoms with Crippen LogP contribution in [0, 0.1) is 5.82 Å². The minimum absolute atomic E-state index is 0.252. The summed E-state index contributed by atoms with van der Waals surface area (Å²) in [6.45, 7) is 4.07. The maximum absolute atomic E-state index is 12.9. The minimum atomic E-state index is -0.384. The van der Waals surface area contributed by atoms with Gasteiger partial charge in [0, 0.05) is 12.1 Å². The highest BCUT2D eigenvalue weighted by molar-refractivity contribution is 6.32. The molecule has 0 unspecified atom stereocenters. The van der Waals surface area contributed by atoms with Crippen LogP contribution >= 0.6 is 11.6 Å². The van der Waals surface area contributed by atoms with Crippen LogP contribution in [0.1, 0.15) is 24.7 Å². The Balaban J connectivity index is 1.95. The highest BCUT2D eigenvalue weighted by atomic mass is 35.5. The van der Waals surface area contributed by atoms with Crippen molar-refractivity contribution in [2.75, 3.05) is 6.54 Å². The van der Waals surface area contributed by atoms with Gasteiger partial charge in [-0.3, -0.25) is 0 Å². The third-order valence-electron chi connectivity index (χ3n) is 2.83. The van der Waals surface area contributed by atoms with Crippen molar-refractivity contribution in [2.24, 2.45) is 0 Å². The first-order valence-corrected chi connectivity index (χ1v) is 6.92. The molecule has 0 saturated heterocycles. The van der Waals surface area contributed by atoms with Gasteiger partial charge < -0.3 is 14.5 Å². The Morgan fingerprint density at radius 3 is 2.95 bits per heavy atom. The Hall–Kier alpha value is -1.52. The second-order valence-electron chi connectivity index (χ2n) is 4.41. The highest BCUT2D eigenvalue weighted by Gasteiger charge is 2.09. The molecule has 5 heteroatoms. The van der Waals surface area contributed by atoms with Gasteiger partial charge in [-0.25, -0.2) is 4.39 Å². The van der Waals surface area contributed by atoms with Crippen LogP contribution in [0.2, 0.25) is 5.02 Å². The minimum Gasteiger partial charge on any atom is -0.484 e. The van der Waals surface area contributed by atoms with Crippen LogP contribution in [0.25, 0.3) is 0 Å². The van der Waals surface area contributed by atoms with Crippen molar-refractivity contribution < 1.29 is 13.5 Å². The van der Waals surface area contributed by atoms with E-state index in [9.17, 15) is 4.39 Å². The van der Waals surface area contributed by atoms with Crippen LogP contribution in [0.4, 0.5) is 4.39 Å². The van der Waals surface area contributed by atoms with Gasteiger partial charge in [0.15, 0.2) is 0 Å². The lowest BCUT2D eigenvalue weighted by molar-refractivity contribution is 0.268. The summed E-state index contributed by atoms with van der Waals surface area (Å²) in [5.41, 5.74) is 1.05. The summed E-state index contributed by atoms with van der Waals surface area (Å²) in [6, 6.07) is 5.96. The predicted molar refractivity (Wildman–Crippen MR) is 76.4 cm³/mol. The van der Waals surface area contributed by atoms with Crippen molar-refractivity contribution in [2.45, 2.75) is 26.5 Å². The number of rotatable bonds is 7. The summed E-state index contributed by atoms with van der Waals surface area (Å²) >= 11 is 5.90. The van der Waals surface area contributed by atoms with Gasteiger partial charge in [-0.1, -0.05) is 18.5 Å². The topological polar surface area (TPSA) is 34.4 Å². The Morgan fingerprint density at radius 1 is 1.35 bits per heavy atom. The molecule has 1 heterocycles. The maximum atomic E-state index is 12.9. The van der Waals surface area contributed by atoms with E-state index in [1.54, 1.807) is 6.26 Å². The molecule has 3 nitrogen and oxygen atoms in total. The van der Waals surface area contributed by atoms with Crippen LogP contribution in [0.5, 0.6) is 5.75 Å². The second-order valence-corrected chi connectivity index (χ2v) is 4.82. The molecular formula is C15H17ClFNO2. The molecule has 0 aliphatic rings. The van der Waals surface area contributed by atoms with E-state index in [-0.39, 0.29) is 17.4 Å². The van der Waals surface area contributed by atoms with E-state index in [0.717, 1.165) is 30.8 Å². The first-order chi connectivity index (χ1) is 9.70. The van der Waals surface area contributed by atoms with Crippen LogP contribution < -0.4 is 10.1 Å². The molecule has 0 atom stereocenters. The monoisotopic (exact) mass is 297 g/mol. The van der Waals surface area contributed by atoms with Crippen molar-refractivity contribution >= 4 is 11.6 Å². The molecule has 1 aromatic heterocycles. The van der Waals surface area contributed by atoms with Crippen molar-refractivity contribution in [3.05, 3.63) is 52.7 Å². The van der Waals surface area contributed by atoms with Crippen molar-refractivity contribution in [3.8, 4) is 5.75 Å². The summed E-state index contributed by atoms with van der Waals surface area (Å²) in [5, 5.41) is 3.56. The fraction of sp³-hybridized carbons (Fsp3) is 0.333. The molecule has 0 fully saturated rings. The van der Waals surface area contributed by atoms with Crippen molar-refractivity contribution in [3.63, 3.8) is 0 Å². The Bertz CT molecular complexity index is 557. The molecule has 0 spiro atoms. The van der Waals surface area contributed by atoms with E-state index in [0.29, 0.717) is 5.75 Å². The van der Waals surface area contributed by atoms with Crippen LogP contribution in [0.3, 0.4) is 0 Å². The summed E-state index contributed by atoms with van der Waals surface area (Å²) in [6.07, 6.45) is 2.71. The molecule has 2 aromatic rings. The van der Waals surface area contributed by atoms with Crippen molar-refractivity contribution in [1.82, 2.24) is 5.32 Å². The van der Waals surface area contributed by atoms with Gasteiger partial charge >= 0.3 is 0 Å². The van der Waals surface area contributed by atoms with Crippen molar-refractivity contribution in [1.29, 1.82) is 0 Å². The third kappa shape index (κ3) is 3.99. The number of benzene rings is 1. The van der Waals surface area contributed by atoms with E-state index < -0.39 is 0 Å². The first kappa shape index (κ1) is 14.9. The van der Waals surface area contributed by atoms with Gasteiger partial charge in [0.1, 0.15) is 23.9 Å². The maximum Gasteiger partial charge on any atom is 0.146 e. The largest absolute Gasteiger partial charge is 0.484 e. The molecule has 0 aliphatic heterocycles. The summed E-state index contributed by atoms with van der Waals surface area (Å²) in [7, 11) is 0. The average molecular weight is 298 g/mol. The molecule has 108 valence electrons. The summed E-state index contributed by atoms with van der Waals surface area (Å²) in [5.74, 6) is 0.802. The zero-order valence-corrected chi connectivity index (χ0v) is 12.0. The molecule has 0 radical (unpaired) electrons. The number of furan rings is 1. The highest BCUT2D eigenvalue weighted by Crippen LogP contribution is 2.26. The lowest BCUT2D eigenvalue weighted by Gasteiger charge is -2.08. The molecule has 20 heavy (non-hydrogen) atoms. The van der Waals surface area contributed by atoms with E-state index in [1.807, 2.05) is 6.07 Å². The molecular weight excluding hydrogens is 281 g/mol. The first-order valence-electron chi connectivity index (χ1n) is 6.54. The fourth-order valence-electron chi connectivity index (χ4n) is 1.79. The van der Waals surface area contributed by atoms with Crippen LogP contribution in [-0.2, 0) is 13.2 Å². The number of nitrogens with one attached hydrogen (secondary N) is 1. The molecule has 1 aromatic carbocycles. The number of hydrogen-bond donors (Lipinski definition) is 1. The van der Waals surface area contributed by atoms with Gasteiger partial charge in [0.25, 0.3) is 0 Å². The SMILES string of the molecule is CCCNCc1ccoc1COc1ccc(F)cc1Cl. The van der Waals surface area contributed by atoms with E-state index >= 15 is 0 Å². The van der Waals surface area contributed by atoms with Crippen LogP contribution in [0.15, 0.2) is 34.9 Å². The lowest BCUT2D eigenvalue weighted by atomic mass is 10.2. The normalized spacial score (nSPS) is 10.8. The average Bonchev–Trinajstić information content (AvgIpc) is 2.86. The van der Waals surface area contributed by atoms with E-state index in [1.165, 1.54) is 18.2 Å². The molecule has 1 N–H and O–H groups in total. The standard InChI is InChI=1S/C15H17ClFNO2/c1-2-6-18-9-11-5-7-19-15(11)10-20-14-4-3-12(17)8-13(14)16/h3-5,7-8,18H,2,6,9-10H2,1H3. The number of hydrogen-bond acceptors (Lipinski definition) is 3. The van der Waals surface area contributed by atoms with Gasteiger partial charge in [-0.2, -0.15) is 0 Å². The molecule has 2 rings (SSSR count). The summed E-state index contributed by atoms with van der Waals surface area (Å²) < 4.78 is 23.9. The third-order valence-corrected chi connectivity index (χ3v) is 3.13. The lowest BCUT2D eigenvalue weighted by Crippen LogP contribution is -2.14. The Morgan fingerprint density at radius 2 is 2.20 bits per heavy atom. The zero-order valence-electron chi connectivity index (χ0n) is 11.3. The fourth-order valence-corrected chi connectivity index (χ4v) is 2.01. The number of ether oxygens (including phenoxy) is 1. The number of halogens is 2.